The molecule has 0 bridgehead atoms. The zero-order valence-electron chi connectivity index (χ0n) is 12.9. The number of aromatic nitrogens is 2. The molecule has 2 N–H and O–H groups in total. The van der Waals surface area contributed by atoms with Gasteiger partial charge >= 0.3 is 0 Å². The van der Waals surface area contributed by atoms with Crippen molar-refractivity contribution in [3.8, 4) is 0 Å². The second kappa shape index (κ2) is 7.38. The summed E-state index contributed by atoms with van der Waals surface area (Å²) in [7, 11) is 0. The highest BCUT2D eigenvalue weighted by Crippen LogP contribution is 2.22. The molecule has 0 radical (unpaired) electrons. The Morgan fingerprint density at radius 2 is 2.12 bits per heavy atom. The molecule has 0 aliphatic heterocycles. The van der Waals surface area contributed by atoms with Crippen molar-refractivity contribution < 1.29 is 4.79 Å². The summed E-state index contributed by atoms with van der Waals surface area (Å²) in [5.74, 6) is 0.0250. The maximum atomic E-state index is 12.1. The summed E-state index contributed by atoms with van der Waals surface area (Å²) in [6.45, 7) is 0.772. The van der Waals surface area contributed by atoms with Crippen LogP contribution in [0.3, 0.4) is 0 Å². The highest BCUT2D eigenvalue weighted by Gasteiger charge is 2.10. The number of carbonyl (C=O) groups is 1. The van der Waals surface area contributed by atoms with Crippen LogP contribution in [0.4, 0.5) is 0 Å². The standard InChI is InChI=1S/C18H16ClN3O2/c19-17-9-16-12(4-6-22-18(16)24)7-13(17)8-15(23)11-20-10-14-3-1-2-5-21-14/h1-7,9,20H,8,10-11H2,(H,22,24). The van der Waals surface area contributed by atoms with Gasteiger partial charge in [-0.15, -0.1) is 0 Å². The van der Waals surface area contributed by atoms with Gasteiger partial charge in [0.15, 0.2) is 5.78 Å². The largest absolute Gasteiger partial charge is 0.329 e. The monoisotopic (exact) mass is 341 g/mol. The van der Waals surface area contributed by atoms with Gasteiger partial charge in [0.1, 0.15) is 0 Å². The average molecular weight is 342 g/mol. The molecule has 24 heavy (non-hydrogen) atoms. The number of ketones is 1. The SMILES string of the molecule is O=C(CNCc1ccccn1)Cc1cc2cc[nH]c(=O)c2cc1Cl. The summed E-state index contributed by atoms with van der Waals surface area (Å²) in [4.78, 5) is 30.7. The number of benzene rings is 1. The maximum Gasteiger partial charge on any atom is 0.255 e. The topological polar surface area (TPSA) is 74.8 Å². The Morgan fingerprint density at radius 1 is 1.25 bits per heavy atom. The zero-order valence-corrected chi connectivity index (χ0v) is 13.6. The molecule has 3 rings (SSSR count). The number of hydrogen-bond acceptors (Lipinski definition) is 4. The molecule has 0 unspecified atom stereocenters. The zero-order chi connectivity index (χ0) is 16.9. The number of nitrogens with one attached hydrogen (secondary N) is 2. The van der Waals surface area contributed by atoms with Gasteiger partial charge in [-0.05, 0) is 41.3 Å². The Kier molecular flexibility index (Phi) is 5.03. The van der Waals surface area contributed by atoms with Gasteiger partial charge in [-0.3, -0.25) is 14.6 Å². The first-order valence-corrected chi connectivity index (χ1v) is 7.93. The summed E-state index contributed by atoms with van der Waals surface area (Å²) >= 11 is 6.21. The number of aromatic amines is 1. The van der Waals surface area contributed by atoms with E-state index in [1.54, 1.807) is 30.6 Å². The molecule has 0 atom stereocenters. The number of rotatable bonds is 6. The van der Waals surface area contributed by atoms with Gasteiger partial charge in [0.05, 0.1) is 12.2 Å². The first kappa shape index (κ1) is 16.4. The molecule has 0 aliphatic rings. The summed E-state index contributed by atoms with van der Waals surface area (Å²) in [5, 5.41) is 4.80. The predicted octanol–water partition coefficient (Wildman–Crippen LogP) is 2.48. The van der Waals surface area contributed by atoms with E-state index in [0.29, 0.717) is 17.0 Å². The van der Waals surface area contributed by atoms with Crippen molar-refractivity contribution in [2.45, 2.75) is 13.0 Å². The van der Waals surface area contributed by atoms with E-state index in [0.717, 1.165) is 16.6 Å². The minimum absolute atomic E-state index is 0.0250. The van der Waals surface area contributed by atoms with Crippen LogP contribution in [0.15, 0.2) is 53.6 Å². The fraction of sp³-hybridized carbons (Fsp3) is 0.167. The quantitative estimate of drug-likeness (QED) is 0.722. The molecule has 0 saturated carbocycles. The fourth-order valence-corrected chi connectivity index (χ4v) is 2.73. The maximum absolute atomic E-state index is 12.1. The van der Waals surface area contributed by atoms with E-state index in [1.165, 1.54) is 0 Å². The Hall–Kier alpha value is -2.50. The van der Waals surface area contributed by atoms with Gasteiger partial charge in [-0.1, -0.05) is 17.7 Å². The van der Waals surface area contributed by atoms with Crippen LogP contribution in [-0.2, 0) is 17.8 Å². The average Bonchev–Trinajstić information content (AvgIpc) is 2.57. The molecule has 1 aromatic carbocycles. The fourth-order valence-electron chi connectivity index (χ4n) is 2.50. The van der Waals surface area contributed by atoms with Crippen LogP contribution >= 0.6 is 11.6 Å². The number of carbonyl (C=O) groups excluding carboxylic acids is 1. The molecule has 2 aromatic heterocycles. The molecule has 122 valence electrons. The smallest absolute Gasteiger partial charge is 0.255 e. The first-order valence-electron chi connectivity index (χ1n) is 7.55. The van der Waals surface area contributed by atoms with Gasteiger partial charge in [0, 0.05) is 35.8 Å². The van der Waals surface area contributed by atoms with Crippen LogP contribution < -0.4 is 10.9 Å². The third-order valence-electron chi connectivity index (χ3n) is 3.68. The van der Waals surface area contributed by atoms with E-state index in [4.69, 9.17) is 11.6 Å². The third kappa shape index (κ3) is 3.88. The van der Waals surface area contributed by atoms with Crippen LogP contribution in [0.25, 0.3) is 10.8 Å². The lowest BCUT2D eigenvalue weighted by Crippen LogP contribution is -2.24. The van der Waals surface area contributed by atoms with Crippen molar-refractivity contribution in [1.82, 2.24) is 15.3 Å². The Bertz CT molecular complexity index is 922. The van der Waals surface area contributed by atoms with Crippen molar-refractivity contribution >= 4 is 28.2 Å². The van der Waals surface area contributed by atoms with Crippen LogP contribution in [0.2, 0.25) is 5.02 Å². The van der Waals surface area contributed by atoms with E-state index in [-0.39, 0.29) is 24.3 Å². The Morgan fingerprint density at radius 3 is 2.92 bits per heavy atom. The highest BCUT2D eigenvalue weighted by atomic mass is 35.5. The number of Topliss-reactive ketones (excluding diaryl/α,β-unsaturated/α-hetero) is 1. The third-order valence-corrected chi connectivity index (χ3v) is 4.03. The minimum atomic E-state index is -0.190. The van der Waals surface area contributed by atoms with Crippen molar-refractivity contribution in [3.63, 3.8) is 0 Å². The van der Waals surface area contributed by atoms with Gasteiger partial charge in [-0.25, -0.2) is 0 Å². The molecule has 3 aromatic rings. The first-order chi connectivity index (χ1) is 11.6. The van der Waals surface area contributed by atoms with E-state index in [2.05, 4.69) is 15.3 Å². The number of halogens is 1. The van der Waals surface area contributed by atoms with Crippen molar-refractivity contribution in [2.75, 3.05) is 6.54 Å². The lowest BCUT2D eigenvalue weighted by atomic mass is 10.0. The van der Waals surface area contributed by atoms with Crippen LogP contribution in [-0.4, -0.2) is 22.3 Å². The van der Waals surface area contributed by atoms with Gasteiger partial charge in [0.25, 0.3) is 5.56 Å². The second-order valence-electron chi connectivity index (χ2n) is 5.48. The Labute approximate surface area is 143 Å². The lowest BCUT2D eigenvalue weighted by molar-refractivity contribution is -0.117. The molecule has 6 heteroatoms. The molecule has 0 spiro atoms. The van der Waals surface area contributed by atoms with E-state index in [1.807, 2.05) is 18.2 Å². The summed E-state index contributed by atoms with van der Waals surface area (Å²) in [6, 6.07) is 10.8. The molecule has 0 aliphatic carbocycles. The number of H-pyrrole nitrogens is 1. The van der Waals surface area contributed by atoms with E-state index in [9.17, 15) is 9.59 Å². The van der Waals surface area contributed by atoms with E-state index < -0.39 is 0 Å². The highest BCUT2D eigenvalue weighted by molar-refractivity contribution is 6.32. The molecule has 0 saturated heterocycles. The molecular weight excluding hydrogens is 326 g/mol. The summed E-state index contributed by atoms with van der Waals surface area (Å²) < 4.78 is 0. The van der Waals surface area contributed by atoms with Gasteiger partial charge in [-0.2, -0.15) is 0 Å². The van der Waals surface area contributed by atoms with Crippen LogP contribution in [0.1, 0.15) is 11.3 Å². The van der Waals surface area contributed by atoms with Gasteiger partial charge < -0.3 is 10.3 Å². The Balaban J connectivity index is 1.65. The number of pyridine rings is 2. The minimum Gasteiger partial charge on any atom is -0.329 e. The van der Waals surface area contributed by atoms with Crippen LogP contribution in [0.5, 0.6) is 0 Å². The normalized spacial score (nSPS) is 10.9. The number of hydrogen-bond donors (Lipinski definition) is 2. The van der Waals surface area contributed by atoms with Crippen molar-refractivity contribution in [2.24, 2.45) is 0 Å². The molecule has 0 amide bonds. The molecular formula is C18H16ClN3O2. The van der Waals surface area contributed by atoms with E-state index >= 15 is 0 Å². The number of fused-ring (bicyclic) bond motifs is 1. The van der Waals surface area contributed by atoms with Crippen molar-refractivity contribution in [1.29, 1.82) is 0 Å². The molecule has 2 heterocycles. The lowest BCUT2D eigenvalue weighted by Gasteiger charge is -2.07. The summed E-state index contributed by atoms with van der Waals surface area (Å²) in [5.41, 5.74) is 1.41. The molecule has 5 nitrogen and oxygen atoms in total. The second-order valence-corrected chi connectivity index (χ2v) is 5.88. The van der Waals surface area contributed by atoms with Gasteiger partial charge in [0.2, 0.25) is 0 Å². The number of nitrogens with zero attached hydrogens (tertiary/aromatic N) is 1. The molecule has 0 fully saturated rings. The van der Waals surface area contributed by atoms with Crippen LogP contribution in [0, 0.1) is 0 Å². The van der Waals surface area contributed by atoms with Crippen molar-refractivity contribution in [3.05, 3.63) is 75.4 Å². The summed E-state index contributed by atoms with van der Waals surface area (Å²) in [6.07, 6.45) is 3.52. The predicted molar refractivity (Wildman–Crippen MR) is 94.2 cm³/mol.